The maximum Gasteiger partial charge on any atom is 0.0750 e. The van der Waals surface area contributed by atoms with Crippen molar-refractivity contribution in [1.82, 2.24) is 10.3 Å². The number of pyridine rings is 1. The van der Waals surface area contributed by atoms with Crippen molar-refractivity contribution in [3.63, 3.8) is 0 Å². The van der Waals surface area contributed by atoms with Gasteiger partial charge in [0.25, 0.3) is 0 Å². The molecule has 1 aliphatic heterocycles. The normalized spacial score (nSPS) is 18.4. The standard InChI is InChI=1S/C16H27N3O/c1-4-17-10-14-11-18-13(3)9-16(14)19(5-2)12-15-7-6-8-20-15/h9,11,15,17H,4-8,10,12H2,1-3H3. The maximum absolute atomic E-state index is 5.79. The van der Waals surface area contributed by atoms with Gasteiger partial charge < -0.3 is 15.0 Å². The Morgan fingerprint density at radius 1 is 1.45 bits per heavy atom. The molecule has 0 bridgehead atoms. The molecular formula is C16H27N3O. The van der Waals surface area contributed by atoms with Crippen LogP contribution in [0, 0.1) is 6.92 Å². The topological polar surface area (TPSA) is 37.4 Å². The van der Waals surface area contributed by atoms with Crippen LogP contribution in [0.25, 0.3) is 0 Å². The largest absolute Gasteiger partial charge is 0.376 e. The maximum atomic E-state index is 5.79. The minimum Gasteiger partial charge on any atom is -0.376 e. The number of hydrogen-bond acceptors (Lipinski definition) is 4. The van der Waals surface area contributed by atoms with Crippen molar-refractivity contribution in [1.29, 1.82) is 0 Å². The van der Waals surface area contributed by atoms with Crippen LogP contribution in [0.2, 0.25) is 0 Å². The minimum atomic E-state index is 0.385. The van der Waals surface area contributed by atoms with Gasteiger partial charge >= 0.3 is 0 Å². The Morgan fingerprint density at radius 3 is 2.95 bits per heavy atom. The number of nitrogens with zero attached hydrogens (tertiary/aromatic N) is 2. The summed E-state index contributed by atoms with van der Waals surface area (Å²) < 4.78 is 5.79. The third-order valence-corrected chi connectivity index (χ3v) is 3.83. The molecule has 4 heteroatoms. The Hall–Kier alpha value is -1.13. The summed E-state index contributed by atoms with van der Waals surface area (Å²) in [6.07, 6.45) is 4.77. The second-order valence-corrected chi connectivity index (χ2v) is 5.41. The highest BCUT2D eigenvalue weighted by Crippen LogP contribution is 2.23. The lowest BCUT2D eigenvalue weighted by atomic mass is 10.1. The van der Waals surface area contributed by atoms with Crippen molar-refractivity contribution >= 4 is 5.69 Å². The molecule has 0 amide bonds. The van der Waals surface area contributed by atoms with Crippen LogP contribution in [-0.4, -0.2) is 37.3 Å². The van der Waals surface area contributed by atoms with Gasteiger partial charge in [0.15, 0.2) is 0 Å². The van der Waals surface area contributed by atoms with E-state index in [1.54, 1.807) is 0 Å². The van der Waals surface area contributed by atoms with Crippen LogP contribution in [-0.2, 0) is 11.3 Å². The van der Waals surface area contributed by atoms with Crippen molar-refractivity contribution in [3.05, 3.63) is 23.5 Å². The molecule has 0 aromatic carbocycles. The lowest BCUT2D eigenvalue weighted by molar-refractivity contribution is 0.115. The number of nitrogens with one attached hydrogen (secondary N) is 1. The molecule has 0 radical (unpaired) electrons. The number of ether oxygens (including phenoxy) is 1. The molecule has 0 spiro atoms. The summed E-state index contributed by atoms with van der Waals surface area (Å²) in [5.41, 5.74) is 3.65. The second-order valence-electron chi connectivity index (χ2n) is 5.41. The van der Waals surface area contributed by atoms with E-state index in [2.05, 4.69) is 42.0 Å². The van der Waals surface area contributed by atoms with Crippen molar-refractivity contribution < 1.29 is 4.74 Å². The lowest BCUT2D eigenvalue weighted by Gasteiger charge is -2.28. The average molecular weight is 277 g/mol. The molecule has 1 aromatic rings. The van der Waals surface area contributed by atoms with E-state index in [0.717, 1.165) is 38.5 Å². The Bertz CT molecular complexity index is 416. The number of aryl methyl sites for hydroxylation is 1. The monoisotopic (exact) mass is 277 g/mol. The van der Waals surface area contributed by atoms with Gasteiger partial charge in [-0.2, -0.15) is 0 Å². The molecule has 112 valence electrons. The SMILES string of the molecule is CCNCc1cnc(C)cc1N(CC)CC1CCCO1. The highest BCUT2D eigenvalue weighted by molar-refractivity contribution is 5.53. The first-order chi connectivity index (χ1) is 9.74. The zero-order chi connectivity index (χ0) is 14.4. The second kappa shape index (κ2) is 7.60. The van der Waals surface area contributed by atoms with Crippen LogP contribution in [0.1, 0.15) is 37.9 Å². The van der Waals surface area contributed by atoms with Crippen molar-refractivity contribution in [2.75, 3.05) is 31.1 Å². The molecule has 1 fully saturated rings. The molecule has 1 aromatic heterocycles. The van der Waals surface area contributed by atoms with E-state index in [1.165, 1.54) is 24.1 Å². The van der Waals surface area contributed by atoms with E-state index in [0.29, 0.717) is 6.10 Å². The van der Waals surface area contributed by atoms with Crippen LogP contribution < -0.4 is 10.2 Å². The average Bonchev–Trinajstić information content (AvgIpc) is 2.96. The van der Waals surface area contributed by atoms with E-state index in [1.807, 2.05) is 6.20 Å². The molecular weight excluding hydrogens is 250 g/mol. The van der Waals surface area contributed by atoms with Gasteiger partial charge in [0.05, 0.1) is 6.10 Å². The van der Waals surface area contributed by atoms with Crippen molar-refractivity contribution in [3.8, 4) is 0 Å². The van der Waals surface area contributed by atoms with Crippen molar-refractivity contribution in [2.45, 2.75) is 46.3 Å². The van der Waals surface area contributed by atoms with Gasteiger partial charge in [-0.05, 0) is 39.3 Å². The summed E-state index contributed by atoms with van der Waals surface area (Å²) in [4.78, 5) is 6.87. The summed E-state index contributed by atoms with van der Waals surface area (Å²) in [5, 5.41) is 3.40. The van der Waals surface area contributed by atoms with E-state index in [-0.39, 0.29) is 0 Å². The summed E-state index contributed by atoms with van der Waals surface area (Å²) in [7, 11) is 0. The summed E-state index contributed by atoms with van der Waals surface area (Å²) in [6.45, 7) is 11.2. The number of anilines is 1. The van der Waals surface area contributed by atoms with Crippen LogP contribution in [0.3, 0.4) is 0 Å². The fraction of sp³-hybridized carbons (Fsp3) is 0.688. The third-order valence-electron chi connectivity index (χ3n) is 3.83. The molecule has 4 nitrogen and oxygen atoms in total. The summed E-state index contributed by atoms with van der Waals surface area (Å²) >= 11 is 0. The Morgan fingerprint density at radius 2 is 2.30 bits per heavy atom. The predicted octanol–water partition coefficient (Wildman–Crippen LogP) is 2.50. The highest BCUT2D eigenvalue weighted by Gasteiger charge is 2.20. The third kappa shape index (κ3) is 3.93. The van der Waals surface area contributed by atoms with Gasteiger partial charge in [0, 0.05) is 49.4 Å². The minimum absolute atomic E-state index is 0.385. The van der Waals surface area contributed by atoms with Gasteiger partial charge in [0.2, 0.25) is 0 Å². The first kappa shape index (κ1) is 15.3. The zero-order valence-corrected chi connectivity index (χ0v) is 13.0. The zero-order valence-electron chi connectivity index (χ0n) is 13.0. The number of likely N-dealkylation sites (N-methyl/N-ethyl adjacent to an activating group) is 1. The molecule has 1 atom stereocenters. The molecule has 20 heavy (non-hydrogen) atoms. The van der Waals surface area contributed by atoms with Crippen LogP contribution in [0.4, 0.5) is 5.69 Å². The fourth-order valence-corrected chi connectivity index (χ4v) is 2.70. The summed E-state index contributed by atoms with van der Waals surface area (Å²) in [6, 6.07) is 2.20. The first-order valence-electron chi connectivity index (χ1n) is 7.77. The Labute approximate surface area is 122 Å². The van der Waals surface area contributed by atoms with Crippen LogP contribution >= 0.6 is 0 Å². The summed E-state index contributed by atoms with van der Waals surface area (Å²) in [5.74, 6) is 0. The highest BCUT2D eigenvalue weighted by atomic mass is 16.5. The molecule has 1 N–H and O–H groups in total. The first-order valence-corrected chi connectivity index (χ1v) is 7.77. The van der Waals surface area contributed by atoms with Crippen molar-refractivity contribution in [2.24, 2.45) is 0 Å². The molecule has 0 saturated carbocycles. The number of rotatable bonds is 7. The Balaban J connectivity index is 2.15. The van der Waals surface area contributed by atoms with Crippen LogP contribution in [0.5, 0.6) is 0 Å². The van der Waals surface area contributed by atoms with E-state index < -0.39 is 0 Å². The van der Waals surface area contributed by atoms with Crippen LogP contribution in [0.15, 0.2) is 12.3 Å². The molecule has 2 heterocycles. The molecule has 1 aliphatic rings. The van der Waals surface area contributed by atoms with Gasteiger partial charge in [-0.25, -0.2) is 0 Å². The molecule has 2 rings (SSSR count). The van der Waals surface area contributed by atoms with E-state index >= 15 is 0 Å². The smallest absolute Gasteiger partial charge is 0.0750 e. The predicted molar refractivity (Wildman–Crippen MR) is 83.2 cm³/mol. The molecule has 1 unspecified atom stereocenters. The van der Waals surface area contributed by atoms with Gasteiger partial charge in [-0.15, -0.1) is 0 Å². The number of aromatic nitrogens is 1. The molecule has 1 saturated heterocycles. The van der Waals surface area contributed by atoms with Gasteiger partial charge in [-0.1, -0.05) is 6.92 Å². The number of hydrogen-bond donors (Lipinski definition) is 1. The lowest BCUT2D eigenvalue weighted by Crippen LogP contribution is -2.33. The van der Waals surface area contributed by atoms with Gasteiger partial charge in [0.1, 0.15) is 0 Å². The Kier molecular flexibility index (Phi) is 5.80. The fourth-order valence-electron chi connectivity index (χ4n) is 2.70. The van der Waals surface area contributed by atoms with E-state index in [9.17, 15) is 0 Å². The van der Waals surface area contributed by atoms with Gasteiger partial charge in [-0.3, -0.25) is 4.98 Å². The van der Waals surface area contributed by atoms with E-state index in [4.69, 9.17) is 4.74 Å². The quantitative estimate of drug-likeness (QED) is 0.831. The molecule has 0 aliphatic carbocycles.